The van der Waals surface area contributed by atoms with Crippen molar-refractivity contribution in [2.75, 3.05) is 20.2 Å². The number of para-hydroxylation sites is 1. The SMILES string of the molecule is COc1ccccc1C(=O)N1CCC(C(NC(=O)c2ccc(F)cc2)C(=O)NC2CC2)CC1. The number of hydrogen-bond donors (Lipinski definition) is 2. The van der Waals surface area contributed by atoms with Gasteiger partial charge in [0.1, 0.15) is 17.6 Å². The van der Waals surface area contributed by atoms with Gasteiger partial charge in [-0.25, -0.2) is 4.39 Å². The van der Waals surface area contributed by atoms with Crippen molar-refractivity contribution in [2.24, 2.45) is 5.92 Å². The van der Waals surface area contributed by atoms with Gasteiger partial charge < -0.3 is 20.3 Å². The second-order valence-corrected chi connectivity index (χ2v) is 8.57. The molecule has 4 rings (SSSR count). The Bertz CT molecular complexity index is 1010. The highest BCUT2D eigenvalue weighted by atomic mass is 19.1. The summed E-state index contributed by atoms with van der Waals surface area (Å²) in [6.45, 7) is 0.947. The van der Waals surface area contributed by atoms with Crippen LogP contribution in [0.15, 0.2) is 48.5 Å². The molecule has 174 valence electrons. The van der Waals surface area contributed by atoms with E-state index in [0.29, 0.717) is 42.8 Å². The zero-order chi connectivity index (χ0) is 23.4. The molecular weight excluding hydrogens is 425 g/mol. The van der Waals surface area contributed by atoms with E-state index in [1.165, 1.54) is 31.4 Å². The van der Waals surface area contributed by atoms with Crippen LogP contribution in [-0.4, -0.2) is 54.9 Å². The van der Waals surface area contributed by atoms with E-state index in [-0.39, 0.29) is 23.8 Å². The van der Waals surface area contributed by atoms with Gasteiger partial charge in [0.25, 0.3) is 11.8 Å². The number of rotatable bonds is 7. The maximum atomic E-state index is 13.2. The van der Waals surface area contributed by atoms with Gasteiger partial charge in [0.2, 0.25) is 5.91 Å². The molecule has 0 radical (unpaired) electrons. The minimum Gasteiger partial charge on any atom is -0.496 e. The largest absolute Gasteiger partial charge is 0.496 e. The second-order valence-electron chi connectivity index (χ2n) is 8.57. The normalized spacial score (nSPS) is 17.2. The number of halogens is 1. The molecule has 0 aromatic heterocycles. The number of carbonyl (C=O) groups excluding carboxylic acids is 3. The Labute approximate surface area is 192 Å². The number of nitrogens with one attached hydrogen (secondary N) is 2. The van der Waals surface area contributed by atoms with Crippen LogP contribution < -0.4 is 15.4 Å². The molecule has 0 spiro atoms. The lowest BCUT2D eigenvalue weighted by atomic mass is 9.88. The summed E-state index contributed by atoms with van der Waals surface area (Å²) >= 11 is 0. The van der Waals surface area contributed by atoms with Crippen LogP contribution >= 0.6 is 0 Å². The van der Waals surface area contributed by atoms with Gasteiger partial charge in [-0.3, -0.25) is 14.4 Å². The van der Waals surface area contributed by atoms with Crippen LogP contribution in [0.4, 0.5) is 4.39 Å². The van der Waals surface area contributed by atoms with Gasteiger partial charge in [0.05, 0.1) is 12.7 Å². The van der Waals surface area contributed by atoms with E-state index in [9.17, 15) is 18.8 Å². The number of methoxy groups -OCH3 is 1. The molecule has 7 nitrogen and oxygen atoms in total. The monoisotopic (exact) mass is 453 g/mol. The van der Waals surface area contributed by atoms with Crippen LogP contribution in [0.1, 0.15) is 46.4 Å². The van der Waals surface area contributed by atoms with Crippen LogP contribution in [-0.2, 0) is 4.79 Å². The standard InChI is InChI=1S/C25H28FN3O4/c1-33-21-5-3-2-4-20(21)25(32)29-14-12-16(13-15-29)22(24(31)27-19-10-11-19)28-23(30)17-6-8-18(26)9-7-17/h2-9,16,19,22H,10-15H2,1H3,(H,27,31)(H,28,30). The molecule has 2 aliphatic rings. The molecule has 2 fully saturated rings. The fraction of sp³-hybridized carbons (Fsp3) is 0.400. The predicted octanol–water partition coefficient (Wildman–Crippen LogP) is 2.76. The van der Waals surface area contributed by atoms with Gasteiger partial charge in [-0.15, -0.1) is 0 Å². The van der Waals surface area contributed by atoms with Crippen LogP contribution in [0.2, 0.25) is 0 Å². The Hall–Kier alpha value is -3.42. The maximum absolute atomic E-state index is 13.2. The number of ether oxygens (including phenoxy) is 1. The molecule has 1 saturated heterocycles. The molecule has 3 amide bonds. The average Bonchev–Trinajstić information content (AvgIpc) is 3.66. The number of hydrogen-bond acceptors (Lipinski definition) is 4. The van der Waals surface area contributed by atoms with E-state index in [2.05, 4.69) is 10.6 Å². The Balaban J connectivity index is 1.43. The third-order valence-corrected chi connectivity index (χ3v) is 6.23. The number of piperidine rings is 1. The second kappa shape index (κ2) is 10.0. The van der Waals surface area contributed by atoms with Gasteiger partial charge >= 0.3 is 0 Å². The lowest BCUT2D eigenvalue weighted by molar-refractivity contribution is -0.124. The molecule has 1 heterocycles. The van der Waals surface area contributed by atoms with Gasteiger partial charge in [0.15, 0.2) is 0 Å². The van der Waals surface area contributed by atoms with E-state index < -0.39 is 17.8 Å². The minimum atomic E-state index is -0.716. The smallest absolute Gasteiger partial charge is 0.257 e. The number of carbonyl (C=O) groups is 3. The molecular formula is C25H28FN3O4. The first-order chi connectivity index (χ1) is 16.0. The van der Waals surface area contributed by atoms with Crippen molar-refractivity contribution in [1.82, 2.24) is 15.5 Å². The first kappa shape index (κ1) is 22.8. The molecule has 1 aliphatic heterocycles. The highest BCUT2D eigenvalue weighted by Crippen LogP contribution is 2.26. The molecule has 2 N–H and O–H groups in total. The Morgan fingerprint density at radius 2 is 1.67 bits per heavy atom. The van der Waals surface area contributed by atoms with E-state index in [1.807, 2.05) is 6.07 Å². The lowest BCUT2D eigenvalue weighted by Gasteiger charge is -2.36. The summed E-state index contributed by atoms with van der Waals surface area (Å²) in [6, 6.07) is 11.8. The number of likely N-dealkylation sites (tertiary alicyclic amines) is 1. The molecule has 2 aromatic rings. The molecule has 2 aromatic carbocycles. The zero-order valence-electron chi connectivity index (χ0n) is 18.6. The van der Waals surface area contributed by atoms with Crippen LogP contribution in [0, 0.1) is 11.7 Å². The minimum absolute atomic E-state index is 0.111. The summed E-state index contributed by atoms with van der Waals surface area (Å²) in [5.74, 6) is -0.754. The number of benzene rings is 2. The van der Waals surface area contributed by atoms with Gasteiger partial charge in [0, 0.05) is 24.7 Å². The third-order valence-electron chi connectivity index (χ3n) is 6.23. The first-order valence-electron chi connectivity index (χ1n) is 11.3. The Morgan fingerprint density at radius 1 is 1.00 bits per heavy atom. The molecule has 33 heavy (non-hydrogen) atoms. The fourth-order valence-corrected chi connectivity index (χ4v) is 4.17. The Morgan fingerprint density at radius 3 is 2.30 bits per heavy atom. The van der Waals surface area contributed by atoms with E-state index in [0.717, 1.165) is 12.8 Å². The molecule has 1 aliphatic carbocycles. The summed E-state index contributed by atoms with van der Waals surface area (Å²) in [4.78, 5) is 40.5. The van der Waals surface area contributed by atoms with Crippen molar-refractivity contribution >= 4 is 17.7 Å². The van der Waals surface area contributed by atoms with Crippen LogP contribution in [0.3, 0.4) is 0 Å². The molecule has 1 saturated carbocycles. The highest BCUT2D eigenvalue weighted by Gasteiger charge is 2.36. The maximum Gasteiger partial charge on any atom is 0.257 e. The van der Waals surface area contributed by atoms with Crippen molar-refractivity contribution in [1.29, 1.82) is 0 Å². The van der Waals surface area contributed by atoms with Gasteiger partial charge in [-0.1, -0.05) is 12.1 Å². The number of amides is 3. The summed E-state index contributed by atoms with van der Waals surface area (Å²) in [5, 5.41) is 5.83. The van der Waals surface area contributed by atoms with Crippen molar-refractivity contribution in [3.05, 3.63) is 65.5 Å². The summed E-state index contributed by atoms with van der Waals surface area (Å²) in [7, 11) is 1.53. The topological polar surface area (TPSA) is 87.7 Å². The van der Waals surface area contributed by atoms with Gasteiger partial charge in [-0.2, -0.15) is 0 Å². The van der Waals surface area contributed by atoms with E-state index in [1.54, 1.807) is 23.1 Å². The van der Waals surface area contributed by atoms with Crippen molar-refractivity contribution < 1.29 is 23.5 Å². The molecule has 0 bridgehead atoms. The summed E-state index contributed by atoms with van der Waals surface area (Å²) in [6.07, 6.45) is 3.03. The Kier molecular flexibility index (Phi) is 6.91. The van der Waals surface area contributed by atoms with Crippen molar-refractivity contribution in [3.8, 4) is 5.75 Å². The fourth-order valence-electron chi connectivity index (χ4n) is 4.17. The molecule has 1 unspecified atom stereocenters. The number of nitrogens with zero attached hydrogens (tertiary/aromatic N) is 1. The van der Waals surface area contributed by atoms with Crippen molar-refractivity contribution in [2.45, 2.75) is 37.8 Å². The molecule has 8 heteroatoms. The van der Waals surface area contributed by atoms with Crippen LogP contribution in [0.25, 0.3) is 0 Å². The average molecular weight is 454 g/mol. The summed E-state index contributed by atoms with van der Waals surface area (Å²) < 4.78 is 18.5. The van der Waals surface area contributed by atoms with E-state index in [4.69, 9.17) is 4.74 Å². The molecule has 1 atom stereocenters. The quantitative estimate of drug-likeness (QED) is 0.675. The van der Waals surface area contributed by atoms with Crippen molar-refractivity contribution in [3.63, 3.8) is 0 Å². The van der Waals surface area contributed by atoms with Crippen LogP contribution in [0.5, 0.6) is 5.75 Å². The highest BCUT2D eigenvalue weighted by molar-refractivity contribution is 5.98. The first-order valence-corrected chi connectivity index (χ1v) is 11.3. The lowest BCUT2D eigenvalue weighted by Crippen LogP contribution is -2.54. The van der Waals surface area contributed by atoms with E-state index >= 15 is 0 Å². The zero-order valence-corrected chi connectivity index (χ0v) is 18.6. The third kappa shape index (κ3) is 5.50. The van der Waals surface area contributed by atoms with Gasteiger partial charge in [-0.05, 0) is 68.0 Å². The summed E-state index contributed by atoms with van der Waals surface area (Å²) in [5.41, 5.74) is 0.801. The predicted molar refractivity (Wildman–Crippen MR) is 120 cm³/mol.